The van der Waals surface area contributed by atoms with E-state index in [1.165, 1.54) is 4.88 Å². The minimum atomic E-state index is 0.100. The van der Waals surface area contributed by atoms with Crippen molar-refractivity contribution in [3.05, 3.63) is 16.6 Å². The second-order valence-corrected chi connectivity index (χ2v) is 6.45. The molecule has 3 heterocycles. The zero-order valence-electron chi connectivity index (χ0n) is 11.7. The minimum absolute atomic E-state index is 0.100. The van der Waals surface area contributed by atoms with Gasteiger partial charge in [0.1, 0.15) is 0 Å². The summed E-state index contributed by atoms with van der Waals surface area (Å²) in [5.41, 5.74) is 1.88. The van der Waals surface area contributed by atoms with Crippen LogP contribution < -0.4 is 0 Å². The molecule has 1 atom stereocenters. The van der Waals surface area contributed by atoms with Gasteiger partial charge in [0.15, 0.2) is 0 Å². The molecule has 0 saturated carbocycles. The molecule has 5 nitrogen and oxygen atoms in total. The van der Waals surface area contributed by atoms with E-state index >= 15 is 0 Å². The van der Waals surface area contributed by atoms with Gasteiger partial charge in [-0.25, -0.2) is 0 Å². The van der Waals surface area contributed by atoms with Crippen molar-refractivity contribution in [3.63, 3.8) is 0 Å². The van der Waals surface area contributed by atoms with E-state index in [1.54, 1.807) is 11.3 Å². The first-order valence-corrected chi connectivity index (χ1v) is 8.17. The molecule has 0 aliphatic carbocycles. The van der Waals surface area contributed by atoms with E-state index in [0.717, 1.165) is 52.2 Å². The number of carbonyl (C=O) groups is 1. The van der Waals surface area contributed by atoms with Crippen LogP contribution in [0.4, 0.5) is 0 Å². The average molecular weight is 295 g/mol. The van der Waals surface area contributed by atoms with Crippen LogP contribution in [0, 0.1) is 5.92 Å². The predicted octanol–water partition coefficient (Wildman–Crippen LogP) is 1.21. The highest BCUT2D eigenvalue weighted by atomic mass is 32.1. The Labute approximate surface area is 123 Å². The number of hydrogen-bond donors (Lipinski definition) is 0. The Kier molecular flexibility index (Phi) is 4.65. The zero-order valence-corrected chi connectivity index (χ0v) is 12.5. The molecule has 0 radical (unpaired) electrons. The predicted molar refractivity (Wildman–Crippen MR) is 77.5 cm³/mol. The molecule has 1 amide bonds. The SMILES string of the molecule is O=C(C1CCOC1)N1CCCN(Cc2cncs2)CC1. The lowest BCUT2D eigenvalue weighted by molar-refractivity contribution is -0.135. The number of thiazole rings is 1. The average Bonchev–Trinajstić information content (AvgIpc) is 3.10. The summed E-state index contributed by atoms with van der Waals surface area (Å²) < 4.78 is 5.33. The molecule has 2 aliphatic rings. The minimum Gasteiger partial charge on any atom is -0.381 e. The van der Waals surface area contributed by atoms with Crippen LogP contribution in [-0.2, 0) is 16.1 Å². The first-order chi connectivity index (χ1) is 9.83. The van der Waals surface area contributed by atoms with Gasteiger partial charge < -0.3 is 9.64 Å². The number of aromatic nitrogens is 1. The van der Waals surface area contributed by atoms with E-state index in [2.05, 4.69) is 9.88 Å². The molecule has 2 fully saturated rings. The van der Waals surface area contributed by atoms with Crippen LogP contribution in [0.3, 0.4) is 0 Å². The third-order valence-electron chi connectivity index (χ3n) is 4.04. The van der Waals surface area contributed by atoms with E-state index in [1.807, 2.05) is 16.6 Å². The zero-order chi connectivity index (χ0) is 13.8. The van der Waals surface area contributed by atoms with E-state index in [-0.39, 0.29) is 5.92 Å². The Morgan fingerprint density at radius 2 is 2.35 bits per heavy atom. The van der Waals surface area contributed by atoms with Crippen molar-refractivity contribution in [1.82, 2.24) is 14.8 Å². The van der Waals surface area contributed by atoms with Gasteiger partial charge in [0.2, 0.25) is 5.91 Å². The maximum absolute atomic E-state index is 12.4. The van der Waals surface area contributed by atoms with Crippen LogP contribution in [0.1, 0.15) is 17.7 Å². The molecule has 1 aromatic heterocycles. The van der Waals surface area contributed by atoms with E-state index in [4.69, 9.17) is 4.74 Å². The van der Waals surface area contributed by atoms with Crippen molar-refractivity contribution < 1.29 is 9.53 Å². The normalized spacial score (nSPS) is 24.8. The van der Waals surface area contributed by atoms with Crippen LogP contribution in [-0.4, -0.2) is 60.1 Å². The van der Waals surface area contributed by atoms with E-state index < -0.39 is 0 Å². The quantitative estimate of drug-likeness (QED) is 0.841. The summed E-state index contributed by atoms with van der Waals surface area (Å²) in [6.45, 7) is 6.05. The summed E-state index contributed by atoms with van der Waals surface area (Å²) in [5.74, 6) is 0.394. The van der Waals surface area contributed by atoms with Gasteiger partial charge in [-0.05, 0) is 12.8 Å². The molecule has 0 bridgehead atoms. The van der Waals surface area contributed by atoms with Gasteiger partial charge in [-0.1, -0.05) is 0 Å². The molecule has 20 heavy (non-hydrogen) atoms. The standard InChI is InChI=1S/C14H21N3O2S/c18-14(12-2-7-19-10-12)17-4-1-3-16(5-6-17)9-13-8-15-11-20-13/h8,11-12H,1-7,9-10H2. The fourth-order valence-electron chi connectivity index (χ4n) is 2.88. The molecule has 2 aliphatic heterocycles. The molecule has 2 saturated heterocycles. The fourth-order valence-corrected chi connectivity index (χ4v) is 3.51. The third kappa shape index (κ3) is 3.37. The summed E-state index contributed by atoms with van der Waals surface area (Å²) in [5, 5.41) is 0. The number of rotatable bonds is 3. The van der Waals surface area contributed by atoms with Crippen molar-refractivity contribution in [2.24, 2.45) is 5.92 Å². The van der Waals surface area contributed by atoms with Gasteiger partial charge in [-0.3, -0.25) is 14.7 Å². The van der Waals surface area contributed by atoms with Crippen LogP contribution >= 0.6 is 11.3 Å². The monoisotopic (exact) mass is 295 g/mol. The Bertz CT molecular complexity index is 432. The number of amides is 1. The van der Waals surface area contributed by atoms with Gasteiger partial charge in [-0.2, -0.15) is 0 Å². The lowest BCUT2D eigenvalue weighted by Crippen LogP contribution is -2.39. The van der Waals surface area contributed by atoms with Crippen LogP contribution in [0.25, 0.3) is 0 Å². The topological polar surface area (TPSA) is 45.7 Å². The highest BCUT2D eigenvalue weighted by molar-refractivity contribution is 7.09. The number of nitrogens with zero attached hydrogens (tertiary/aromatic N) is 3. The molecular weight excluding hydrogens is 274 g/mol. The summed E-state index contributed by atoms with van der Waals surface area (Å²) in [6.07, 6.45) is 3.88. The molecule has 3 rings (SSSR count). The van der Waals surface area contributed by atoms with Crippen LogP contribution in [0.15, 0.2) is 11.7 Å². The molecule has 1 unspecified atom stereocenters. The molecule has 0 N–H and O–H groups in total. The summed E-state index contributed by atoms with van der Waals surface area (Å²) >= 11 is 1.70. The third-order valence-corrected chi connectivity index (χ3v) is 4.81. The van der Waals surface area contributed by atoms with Crippen molar-refractivity contribution in [2.45, 2.75) is 19.4 Å². The van der Waals surface area contributed by atoms with E-state index in [9.17, 15) is 4.79 Å². The van der Waals surface area contributed by atoms with Crippen molar-refractivity contribution >= 4 is 17.2 Å². The van der Waals surface area contributed by atoms with Crippen molar-refractivity contribution in [1.29, 1.82) is 0 Å². The van der Waals surface area contributed by atoms with Gasteiger partial charge in [0.05, 0.1) is 18.0 Å². The maximum atomic E-state index is 12.4. The molecule has 0 spiro atoms. The highest BCUT2D eigenvalue weighted by Gasteiger charge is 2.29. The lowest BCUT2D eigenvalue weighted by Gasteiger charge is -2.23. The van der Waals surface area contributed by atoms with Crippen LogP contribution in [0.2, 0.25) is 0 Å². The number of ether oxygens (including phenoxy) is 1. The molecule has 1 aromatic rings. The second kappa shape index (κ2) is 6.65. The van der Waals surface area contributed by atoms with Gasteiger partial charge in [0.25, 0.3) is 0 Å². The van der Waals surface area contributed by atoms with Gasteiger partial charge >= 0.3 is 0 Å². The summed E-state index contributed by atoms with van der Waals surface area (Å²) in [6, 6.07) is 0. The Balaban J connectivity index is 1.52. The fraction of sp³-hybridized carbons (Fsp3) is 0.714. The Morgan fingerprint density at radius 1 is 1.40 bits per heavy atom. The van der Waals surface area contributed by atoms with Gasteiger partial charge in [-0.15, -0.1) is 11.3 Å². The van der Waals surface area contributed by atoms with E-state index in [0.29, 0.717) is 12.5 Å². The molecule has 110 valence electrons. The second-order valence-electron chi connectivity index (χ2n) is 5.48. The van der Waals surface area contributed by atoms with Crippen molar-refractivity contribution in [2.75, 3.05) is 39.4 Å². The lowest BCUT2D eigenvalue weighted by atomic mass is 10.1. The first kappa shape index (κ1) is 14.0. The summed E-state index contributed by atoms with van der Waals surface area (Å²) in [4.78, 5) is 22.3. The first-order valence-electron chi connectivity index (χ1n) is 7.29. The maximum Gasteiger partial charge on any atom is 0.228 e. The molecular formula is C14H21N3O2S. The number of carbonyl (C=O) groups excluding carboxylic acids is 1. The Morgan fingerprint density at radius 3 is 3.10 bits per heavy atom. The summed E-state index contributed by atoms with van der Waals surface area (Å²) in [7, 11) is 0. The van der Waals surface area contributed by atoms with Gasteiger partial charge in [0, 0.05) is 50.4 Å². The highest BCUT2D eigenvalue weighted by Crippen LogP contribution is 2.18. The largest absolute Gasteiger partial charge is 0.381 e. The smallest absolute Gasteiger partial charge is 0.228 e. The number of hydrogen-bond acceptors (Lipinski definition) is 5. The van der Waals surface area contributed by atoms with Crippen molar-refractivity contribution in [3.8, 4) is 0 Å². The Hall–Kier alpha value is -0.980. The molecule has 0 aromatic carbocycles. The molecule has 6 heteroatoms. The van der Waals surface area contributed by atoms with Crippen LogP contribution in [0.5, 0.6) is 0 Å².